The van der Waals surface area contributed by atoms with E-state index in [0.717, 1.165) is 12.8 Å². The standard InChI is InChI=1S/C15H20N4O/c1-10-6-7-11(9-16)14(8-10)19-15(20)12-4-2-3-5-13(12)17-18-19/h2-5,10-11,14H,6-9,16H2,1H3. The molecule has 1 aromatic carbocycles. The van der Waals surface area contributed by atoms with E-state index in [1.54, 1.807) is 4.68 Å². The lowest BCUT2D eigenvalue weighted by atomic mass is 9.79. The smallest absolute Gasteiger partial charge is 0.277 e. The van der Waals surface area contributed by atoms with Gasteiger partial charge in [0.2, 0.25) is 0 Å². The SMILES string of the molecule is CC1CCC(CN)C(n2nnc3ccccc3c2=O)C1. The monoisotopic (exact) mass is 272 g/mol. The Morgan fingerprint density at radius 3 is 2.95 bits per heavy atom. The molecule has 0 amide bonds. The first kappa shape index (κ1) is 13.2. The molecule has 0 aliphatic heterocycles. The lowest BCUT2D eigenvalue weighted by molar-refractivity contribution is 0.177. The summed E-state index contributed by atoms with van der Waals surface area (Å²) in [6.45, 7) is 2.82. The van der Waals surface area contributed by atoms with Crippen LogP contribution in [0.25, 0.3) is 10.9 Å². The Bertz CT molecular complexity index is 666. The van der Waals surface area contributed by atoms with Crippen LogP contribution in [0.5, 0.6) is 0 Å². The van der Waals surface area contributed by atoms with Crippen molar-refractivity contribution in [3.05, 3.63) is 34.6 Å². The van der Waals surface area contributed by atoms with Gasteiger partial charge in [-0.3, -0.25) is 4.79 Å². The number of hydrogen-bond donors (Lipinski definition) is 1. The van der Waals surface area contributed by atoms with E-state index in [1.807, 2.05) is 24.3 Å². The van der Waals surface area contributed by atoms with Gasteiger partial charge >= 0.3 is 0 Å². The predicted molar refractivity (Wildman–Crippen MR) is 78.4 cm³/mol. The summed E-state index contributed by atoms with van der Waals surface area (Å²) in [6, 6.07) is 7.43. The molecule has 1 saturated carbocycles. The number of nitrogens with two attached hydrogens (primary N) is 1. The molecule has 1 aliphatic carbocycles. The first-order chi connectivity index (χ1) is 9.70. The number of aromatic nitrogens is 3. The van der Waals surface area contributed by atoms with Gasteiger partial charge in [0.1, 0.15) is 5.52 Å². The minimum absolute atomic E-state index is 0.0480. The summed E-state index contributed by atoms with van der Waals surface area (Å²) in [4.78, 5) is 12.6. The van der Waals surface area contributed by atoms with Gasteiger partial charge in [0.15, 0.2) is 0 Å². The summed E-state index contributed by atoms with van der Waals surface area (Å²) in [5.41, 5.74) is 6.48. The van der Waals surface area contributed by atoms with Crippen molar-refractivity contribution in [1.29, 1.82) is 0 Å². The van der Waals surface area contributed by atoms with E-state index < -0.39 is 0 Å². The molecular formula is C15H20N4O. The fourth-order valence-electron chi connectivity index (χ4n) is 3.21. The van der Waals surface area contributed by atoms with Crippen LogP contribution in [-0.4, -0.2) is 21.5 Å². The predicted octanol–water partition coefficient (Wildman–Crippen LogP) is 1.73. The van der Waals surface area contributed by atoms with E-state index in [1.165, 1.54) is 6.42 Å². The van der Waals surface area contributed by atoms with E-state index in [9.17, 15) is 4.79 Å². The summed E-state index contributed by atoms with van der Waals surface area (Å²) < 4.78 is 1.56. The topological polar surface area (TPSA) is 73.8 Å². The zero-order valence-electron chi connectivity index (χ0n) is 11.7. The lowest BCUT2D eigenvalue weighted by Gasteiger charge is -2.34. The van der Waals surface area contributed by atoms with Crippen molar-refractivity contribution < 1.29 is 0 Å². The molecule has 1 fully saturated rings. The zero-order valence-corrected chi connectivity index (χ0v) is 11.7. The second kappa shape index (κ2) is 5.32. The van der Waals surface area contributed by atoms with Gasteiger partial charge in [-0.15, -0.1) is 5.10 Å². The van der Waals surface area contributed by atoms with E-state index in [-0.39, 0.29) is 11.6 Å². The van der Waals surface area contributed by atoms with Crippen LogP contribution in [0.3, 0.4) is 0 Å². The van der Waals surface area contributed by atoms with Crippen molar-refractivity contribution in [3.8, 4) is 0 Å². The molecule has 1 heterocycles. The Balaban J connectivity index is 2.08. The maximum Gasteiger partial charge on any atom is 0.277 e. The quantitative estimate of drug-likeness (QED) is 0.903. The van der Waals surface area contributed by atoms with Crippen molar-refractivity contribution in [2.45, 2.75) is 32.2 Å². The number of fused-ring (bicyclic) bond motifs is 1. The minimum Gasteiger partial charge on any atom is -0.330 e. The van der Waals surface area contributed by atoms with Crippen molar-refractivity contribution >= 4 is 10.9 Å². The van der Waals surface area contributed by atoms with Gasteiger partial charge in [-0.1, -0.05) is 30.7 Å². The molecule has 2 N–H and O–H groups in total. The van der Waals surface area contributed by atoms with Crippen LogP contribution in [0.1, 0.15) is 32.2 Å². The number of benzene rings is 1. The molecule has 3 atom stereocenters. The van der Waals surface area contributed by atoms with Crippen molar-refractivity contribution in [2.24, 2.45) is 17.6 Å². The third-order valence-electron chi connectivity index (χ3n) is 4.43. The highest BCUT2D eigenvalue weighted by Gasteiger charge is 2.30. The van der Waals surface area contributed by atoms with Gasteiger partial charge in [0, 0.05) is 0 Å². The molecule has 0 radical (unpaired) electrons. The molecule has 0 bridgehead atoms. The highest BCUT2D eigenvalue weighted by Crippen LogP contribution is 2.35. The molecule has 2 aromatic rings. The number of hydrogen-bond acceptors (Lipinski definition) is 4. The molecule has 1 aromatic heterocycles. The highest BCUT2D eigenvalue weighted by molar-refractivity contribution is 5.76. The third kappa shape index (κ3) is 2.22. The fourth-order valence-corrected chi connectivity index (χ4v) is 3.21. The summed E-state index contributed by atoms with van der Waals surface area (Å²) in [6.07, 6.45) is 3.19. The Morgan fingerprint density at radius 1 is 1.35 bits per heavy atom. The fraction of sp³-hybridized carbons (Fsp3) is 0.533. The van der Waals surface area contributed by atoms with Crippen LogP contribution < -0.4 is 11.3 Å². The number of nitrogens with zero attached hydrogens (tertiary/aromatic N) is 3. The van der Waals surface area contributed by atoms with E-state index in [0.29, 0.717) is 29.3 Å². The summed E-state index contributed by atoms with van der Waals surface area (Å²) in [7, 11) is 0. The lowest BCUT2D eigenvalue weighted by Crippen LogP contribution is -2.38. The van der Waals surface area contributed by atoms with Crippen LogP contribution in [0.4, 0.5) is 0 Å². The Morgan fingerprint density at radius 2 is 2.15 bits per heavy atom. The molecular weight excluding hydrogens is 252 g/mol. The summed E-state index contributed by atoms with van der Waals surface area (Å²) >= 11 is 0. The van der Waals surface area contributed by atoms with Gasteiger partial charge in [0.25, 0.3) is 5.56 Å². The molecule has 0 saturated heterocycles. The maximum atomic E-state index is 12.6. The molecule has 1 aliphatic rings. The van der Waals surface area contributed by atoms with Gasteiger partial charge in [-0.05, 0) is 43.4 Å². The van der Waals surface area contributed by atoms with Crippen LogP contribution in [-0.2, 0) is 0 Å². The first-order valence-electron chi connectivity index (χ1n) is 7.25. The van der Waals surface area contributed by atoms with Crippen LogP contribution in [0, 0.1) is 11.8 Å². The van der Waals surface area contributed by atoms with E-state index in [4.69, 9.17) is 5.73 Å². The minimum atomic E-state index is -0.0480. The third-order valence-corrected chi connectivity index (χ3v) is 4.43. The van der Waals surface area contributed by atoms with Crippen molar-refractivity contribution in [2.75, 3.05) is 6.54 Å². The van der Waals surface area contributed by atoms with Gasteiger partial charge in [0.05, 0.1) is 11.4 Å². The van der Waals surface area contributed by atoms with E-state index in [2.05, 4.69) is 17.2 Å². The molecule has 5 nitrogen and oxygen atoms in total. The molecule has 0 spiro atoms. The molecule has 5 heteroatoms. The van der Waals surface area contributed by atoms with Crippen LogP contribution in [0.15, 0.2) is 29.1 Å². The Labute approximate surface area is 117 Å². The van der Waals surface area contributed by atoms with Crippen molar-refractivity contribution in [1.82, 2.24) is 15.0 Å². The average molecular weight is 272 g/mol. The van der Waals surface area contributed by atoms with Gasteiger partial charge in [-0.2, -0.15) is 0 Å². The van der Waals surface area contributed by atoms with Gasteiger partial charge in [-0.25, -0.2) is 4.68 Å². The second-order valence-electron chi connectivity index (χ2n) is 5.84. The molecule has 106 valence electrons. The molecule has 3 rings (SSSR count). The highest BCUT2D eigenvalue weighted by atomic mass is 16.1. The van der Waals surface area contributed by atoms with Gasteiger partial charge < -0.3 is 5.73 Å². The normalized spacial score (nSPS) is 26.8. The second-order valence-corrected chi connectivity index (χ2v) is 5.84. The molecule has 3 unspecified atom stereocenters. The van der Waals surface area contributed by atoms with Crippen LogP contribution >= 0.6 is 0 Å². The summed E-state index contributed by atoms with van der Waals surface area (Å²) in [5.74, 6) is 0.919. The number of rotatable bonds is 2. The van der Waals surface area contributed by atoms with E-state index >= 15 is 0 Å². The average Bonchev–Trinajstić information content (AvgIpc) is 2.48. The van der Waals surface area contributed by atoms with Crippen molar-refractivity contribution in [3.63, 3.8) is 0 Å². The largest absolute Gasteiger partial charge is 0.330 e. The Hall–Kier alpha value is -1.75. The summed E-state index contributed by atoms with van der Waals surface area (Å²) in [5, 5.41) is 8.98. The molecule has 20 heavy (non-hydrogen) atoms. The van der Waals surface area contributed by atoms with Crippen LogP contribution in [0.2, 0.25) is 0 Å². The maximum absolute atomic E-state index is 12.6. The Kier molecular flexibility index (Phi) is 3.53. The first-order valence-corrected chi connectivity index (χ1v) is 7.25. The zero-order chi connectivity index (χ0) is 14.1.